The van der Waals surface area contributed by atoms with Gasteiger partial charge in [0.2, 0.25) is 0 Å². The Hall–Kier alpha value is -2.35. The van der Waals surface area contributed by atoms with Crippen LogP contribution >= 0.6 is 0 Å². The molecule has 0 aliphatic rings. The minimum absolute atomic E-state index is 0.0248. The summed E-state index contributed by atoms with van der Waals surface area (Å²) in [5.74, 6) is 0.163. The van der Waals surface area contributed by atoms with E-state index in [1.807, 2.05) is 13.8 Å². The molecule has 0 fully saturated rings. The zero-order valence-electron chi connectivity index (χ0n) is 11.1. The number of nitrogens with two attached hydrogens (primary N) is 1. The first-order valence-corrected chi connectivity index (χ1v) is 6.03. The standard InChI is InChI=1S/C12H14FN5O2/c1-7(2)17-11(6-14)15-16-12(17)9-4-3-8(13)5-10(9)18(19)20/h3-5,7H,6,14H2,1-2H3. The van der Waals surface area contributed by atoms with Gasteiger partial charge in [-0.25, -0.2) is 4.39 Å². The summed E-state index contributed by atoms with van der Waals surface area (Å²) in [7, 11) is 0. The van der Waals surface area contributed by atoms with Crippen LogP contribution in [0.15, 0.2) is 18.2 Å². The number of aromatic nitrogens is 3. The van der Waals surface area contributed by atoms with Crippen LogP contribution in [0, 0.1) is 15.9 Å². The van der Waals surface area contributed by atoms with Gasteiger partial charge >= 0.3 is 0 Å². The molecule has 0 amide bonds. The highest BCUT2D eigenvalue weighted by Gasteiger charge is 2.23. The van der Waals surface area contributed by atoms with Gasteiger partial charge in [-0.15, -0.1) is 10.2 Å². The van der Waals surface area contributed by atoms with Gasteiger partial charge in [-0.05, 0) is 26.0 Å². The summed E-state index contributed by atoms with van der Waals surface area (Å²) < 4.78 is 14.9. The Morgan fingerprint density at radius 2 is 2.15 bits per heavy atom. The summed E-state index contributed by atoms with van der Waals surface area (Å²) >= 11 is 0. The largest absolute Gasteiger partial charge is 0.324 e. The van der Waals surface area contributed by atoms with E-state index < -0.39 is 10.7 Å². The monoisotopic (exact) mass is 279 g/mol. The number of hydrogen-bond donors (Lipinski definition) is 1. The van der Waals surface area contributed by atoms with Crippen LogP contribution in [0.4, 0.5) is 10.1 Å². The van der Waals surface area contributed by atoms with E-state index in [-0.39, 0.29) is 23.8 Å². The lowest BCUT2D eigenvalue weighted by Crippen LogP contribution is -2.12. The quantitative estimate of drug-likeness (QED) is 0.681. The number of nitro benzene ring substituents is 1. The maximum absolute atomic E-state index is 13.2. The van der Waals surface area contributed by atoms with E-state index in [9.17, 15) is 14.5 Å². The molecule has 20 heavy (non-hydrogen) atoms. The Bertz CT molecular complexity index is 653. The van der Waals surface area contributed by atoms with Crippen LogP contribution in [0.25, 0.3) is 11.4 Å². The average molecular weight is 279 g/mol. The zero-order chi connectivity index (χ0) is 14.9. The van der Waals surface area contributed by atoms with Gasteiger partial charge in [-0.3, -0.25) is 10.1 Å². The lowest BCUT2D eigenvalue weighted by atomic mass is 10.1. The molecule has 8 heteroatoms. The first kappa shape index (κ1) is 14.1. The Labute approximate surface area is 114 Å². The van der Waals surface area contributed by atoms with Crippen molar-refractivity contribution in [3.63, 3.8) is 0 Å². The Kier molecular flexibility index (Phi) is 3.75. The topological polar surface area (TPSA) is 99.9 Å². The summed E-state index contributed by atoms with van der Waals surface area (Å²) in [6.07, 6.45) is 0. The third-order valence-corrected chi connectivity index (χ3v) is 2.86. The van der Waals surface area contributed by atoms with Gasteiger partial charge in [-0.2, -0.15) is 0 Å². The van der Waals surface area contributed by atoms with Gasteiger partial charge in [0.05, 0.1) is 23.1 Å². The number of rotatable bonds is 4. The molecule has 0 radical (unpaired) electrons. The average Bonchev–Trinajstić information content (AvgIpc) is 2.82. The van der Waals surface area contributed by atoms with Crippen molar-refractivity contribution in [2.75, 3.05) is 0 Å². The van der Waals surface area contributed by atoms with Crippen LogP contribution in [0.5, 0.6) is 0 Å². The van der Waals surface area contributed by atoms with Gasteiger partial charge in [0.25, 0.3) is 5.69 Å². The van der Waals surface area contributed by atoms with Crippen molar-refractivity contribution in [2.24, 2.45) is 5.73 Å². The molecule has 1 aromatic heterocycles. The van der Waals surface area contributed by atoms with Crippen molar-refractivity contribution in [2.45, 2.75) is 26.4 Å². The first-order valence-electron chi connectivity index (χ1n) is 6.03. The summed E-state index contributed by atoms with van der Waals surface area (Å²) in [4.78, 5) is 10.4. The second kappa shape index (κ2) is 5.33. The van der Waals surface area contributed by atoms with Gasteiger partial charge in [-0.1, -0.05) is 0 Å². The fourth-order valence-electron chi connectivity index (χ4n) is 2.03. The van der Waals surface area contributed by atoms with Gasteiger partial charge < -0.3 is 10.3 Å². The van der Waals surface area contributed by atoms with Gasteiger partial charge in [0.15, 0.2) is 5.82 Å². The van der Waals surface area contributed by atoms with Crippen LogP contribution in [0.3, 0.4) is 0 Å². The fourth-order valence-corrected chi connectivity index (χ4v) is 2.03. The van der Waals surface area contributed by atoms with Crippen LogP contribution < -0.4 is 5.73 Å². The van der Waals surface area contributed by atoms with Crippen molar-refractivity contribution >= 4 is 5.69 Å². The summed E-state index contributed by atoms with van der Waals surface area (Å²) in [6, 6.07) is 3.33. The van der Waals surface area contributed by atoms with Gasteiger partial charge in [0, 0.05) is 6.04 Å². The molecule has 0 aliphatic heterocycles. The minimum Gasteiger partial charge on any atom is -0.324 e. The smallest absolute Gasteiger partial charge is 0.283 e. The minimum atomic E-state index is -0.671. The van der Waals surface area contributed by atoms with E-state index in [1.54, 1.807) is 4.57 Å². The molecule has 2 N–H and O–H groups in total. The molecule has 2 aromatic rings. The molecule has 0 unspecified atom stereocenters. The molecule has 0 aliphatic carbocycles. The summed E-state index contributed by atoms with van der Waals surface area (Å²) in [5, 5.41) is 18.9. The molecule has 2 rings (SSSR count). The van der Waals surface area contributed by atoms with Crippen LogP contribution in [0.1, 0.15) is 25.7 Å². The molecular formula is C12H14FN5O2. The van der Waals surface area contributed by atoms with Gasteiger partial charge in [0.1, 0.15) is 11.6 Å². The highest BCUT2D eigenvalue weighted by Crippen LogP contribution is 2.31. The van der Waals surface area contributed by atoms with E-state index in [4.69, 9.17) is 5.73 Å². The van der Waals surface area contributed by atoms with Crippen LogP contribution in [-0.2, 0) is 6.54 Å². The van der Waals surface area contributed by atoms with Crippen molar-refractivity contribution < 1.29 is 9.31 Å². The molecule has 0 saturated heterocycles. The van der Waals surface area contributed by atoms with Crippen molar-refractivity contribution in [1.82, 2.24) is 14.8 Å². The molecule has 106 valence electrons. The molecule has 7 nitrogen and oxygen atoms in total. The number of hydrogen-bond acceptors (Lipinski definition) is 5. The van der Waals surface area contributed by atoms with Crippen molar-refractivity contribution in [1.29, 1.82) is 0 Å². The molecule has 0 saturated carbocycles. The van der Waals surface area contributed by atoms with Crippen LogP contribution in [0.2, 0.25) is 0 Å². The normalized spacial score (nSPS) is 11.1. The Morgan fingerprint density at radius 1 is 1.45 bits per heavy atom. The SMILES string of the molecule is CC(C)n1c(CN)nnc1-c1ccc(F)cc1[N+](=O)[O-]. The van der Waals surface area contributed by atoms with E-state index in [0.717, 1.165) is 12.1 Å². The highest BCUT2D eigenvalue weighted by atomic mass is 19.1. The van der Waals surface area contributed by atoms with Crippen LogP contribution in [-0.4, -0.2) is 19.7 Å². The molecule has 0 bridgehead atoms. The molecule has 0 atom stereocenters. The van der Waals surface area contributed by atoms with Crippen molar-refractivity contribution in [3.05, 3.63) is 40.0 Å². The lowest BCUT2D eigenvalue weighted by Gasteiger charge is -2.13. The third kappa shape index (κ3) is 2.37. The maximum Gasteiger partial charge on any atom is 0.283 e. The third-order valence-electron chi connectivity index (χ3n) is 2.86. The summed E-state index contributed by atoms with van der Waals surface area (Å²) in [6.45, 7) is 3.95. The maximum atomic E-state index is 13.2. The predicted octanol–water partition coefficient (Wildman–Crippen LogP) is 2.03. The Morgan fingerprint density at radius 3 is 2.70 bits per heavy atom. The number of nitro groups is 1. The number of nitrogens with zero attached hydrogens (tertiary/aromatic N) is 4. The summed E-state index contributed by atoms with van der Waals surface area (Å²) in [5.41, 5.74) is 5.46. The second-order valence-corrected chi connectivity index (χ2v) is 4.53. The van der Waals surface area contributed by atoms with E-state index in [0.29, 0.717) is 11.6 Å². The zero-order valence-corrected chi connectivity index (χ0v) is 11.1. The second-order valence-electron chi connectivity index (χ2n) is 4.53. The molecule has 1 heterocycles. The Balaban J connectivity index is 2.69. The van der Waals surface area contributed by atoms with Crippen molar-refractivity contribution in [3.8, 4) is 11.4 Å². The predicted molar refractivity (Wildman–Crippen MR) is 70.3 cm³/mol. The molecule has 1 aromatic carbocycles. The highest BCUT2D eigenvalue weighted by molar-refractivity contribution is 5.68. The van der Waals surface area contributed by atoms with E-state index in [2.05, 4.69) is 10.2 Å². The van der Waals surface area contributed by atoms with E-state index >= 15 is 0 Å². The van der Waals surface area contributed by atoms with E-state index in [1.165, 1.54) is 6.07 Å². The number of benzene rings is 1. The number of halogens is 1. The molecule has 0 spiro atoms. The first-order chi connectivity index (χ1) is 9.45. The lowest BCUT2D eigenvalue weighted by molar-refractivity contribution is -0.384. The fraction of sp³-hybridized carbons (Fsp3) is 0.333. The molecular weight excluding hydrogens is 265 g/mol.